The van der Waals surface area contributed by atoms with Crippen molar-refractivity contribution in [2.24, 2.45) is 11.3 Å². The fourth-order valence-electron chi connectivity index (χ4n) is 5.33. The molecule has 3 saturated heterocycles. The van der Waals surface area contributed by atoms with Crippen LogP contribution in [0.15, 0.2) is 0 Å². The van der Waals surface area contributed by atoms with Crippen molar-refractivity contribution in [3.05, 3.63) is 0 Å². The van der Waals surface area contributed by atoms with Crippen LogP contribution in [0.25, 0.3) is 0 Å². The number of fused-ring (bicyclic) bond motifs is 1. The Kier molecular flexibility index (Phi) is 5.60. The molecule has 0 aromatic heterocycles. The lowest BCUT2D eigenvalue weighted by molar-refractivity contribution is -0.130. The summed E-state index contributed by atoms with van der Waals surface area (Å²) in [7, 11) is 0. The summed E-state index contributed by atoms with van der Waals surface area (Å²) in [5, 5.41) is 6.76. The third kappa shape index (κ3) is 3.72. The zero-order chi connectivity index (χ0) is 17.1. The highest BCUT2D eigenvalue weighted by atomic mass is 16.5. The molecule has 4 aliphatic rings. The monoisotopic (exact) mass is 350 g/mol. The summed E-state index contributed by atoms with van der Waals surface area (Å²) in [5.41, 5.74) is -0.179. The SMILES string of the molecule is O=C(NCCCN1CCOCC1)[C@@]12CNC[C@@H]1CN(C1CCCC1)C2. The highest BCUT2D eigenvalue weighted by molar-refractivity contribution is 5.84. The number of amides is 1. The van der Waals surface area contributed by atoms with Crippen LogP contribution in [0.5, 0.6) is 0 Å². The Bertz CT molecular complexity index is 462. The molecule has 1 aliphatic carbocycles. The van der Waals surface area contributed by atoms with Crippen LogP contribution in [0.1, 0.15) is 32.1 Å². The third-order valence-corrected chi connectivity index (χ3v) is 6.89. The normalized spacial score (nSPS) is 34.5. The molecule has 4 rings (SSSR count). The number of nitrogens with zero attached hydrogens (tertiary/aromatic N) is 2. The van der Waals surface area contributed by atoms with Crippen molar-refractivity contribution in [1.82, 2.24) is 20.4 Å². The van der Waals surface area contributed by atoms with Crippen LogP contribution in [0.4, 0.5) is 0 Å². The van der Waals surface area contributed by atoms with E-state index in [0.717, 1.165) is 78.0 Å². The topological polar surface area (TPSA) is 56.8 Å². The average Bonchev–Trinajstić information content (AvgIpc) is 3.34. The van der Waals surface area contributed by atoms with Crippen molar-refractivity contribution in [3.8, 4) is 0 Å². The van der Waals surface area contributed by atoms with Crippen molar-refractivity contribution in [2.45, 2.75) is 38.1 Å². The third-order valence-electron chi connectivity index (χ3n) is 6.89. The summed E-state index contributed by atoms with van der Waals surface area (Å²) in [6.45, 7) is 9.55. The molecule has 6 heteroatoms. The number of morpholine rings is 1. The Labute approximate surface area is 151 Å². The maximum Gasteiger partial charge on any atom is 0.229 e. The zero-order valence-corrected chi connectivity index (χ0v) is 15.5. The molecule has 1 amide bonds. The van der Waals surface area contributed by atoms with Gasteiger partial charge in [-0.3, -0.25) is 14.6 Å². The lowest BCUT2D eigenvalue weighted by Crippen LogP contribution is -2.48. The maximum absolute atomic E-state index is 13.0. The van der Waals surface area contributed by atoms with Crippen LogP contribution in [0.3, 0.4) is 0 Å². The van der Waals surface area contributed by atoms with Crippen LogP contribution in [-0.2, 0) is 9.53 Å². The predicted octanol–water partition coefficient (Wildman–Crippen LogP) is 0.289. The van der Waals surface area contributed by atoms with Gasteiger partial charge in [0, 0.05) is 57.8 Å². The molecule has 0 spiro atoms. The van der Waals surface area contributed by atoms with Gasteiger partial charge in [0.2, 0.25) is 5.91 Å². The number of carbonyl (C=O) groups is 1. The molecule has 0 bridgehead atoms. The quantitative estimate of drug-likeness (QED) is 0.675. The Morgan fingerprint density at radius 2 is 2.04 bits per heavy atom. The second-order valence-corrected chi connectivity index (χ2v) is 8.42. The first-order valence-corrected chi connectivity index (χ1v) is 10.3. The van der Waals surface area contributed by atoms with E-state index in [9.17, 15) is 4.79 Å². The lowest BCUT2D eigenvalue weighted by Gasteiger charge is -2.29. The van der Waals surface area contributed by atoms with E-state index in [-0.39, 0.29) is 5.41 Å². The van der Waals surface area contributed by atoms with Crippen LogP contribution in [-0.4, -0.2) is 87.3 Å². The Morgan fingerprint density at radius 3 is 2.84 bits per heavy atom. The van der Waals surface area contributed by atoms with Gasteiger partial charge in [0.1, 0.15) is 0 Å². The number of hydrogen-bond acceptors (Lipinski definition) is 5. The molecule has 2 N–H and O–H groups in total. The Balaban J connectivity index is 1.26. The predicted molar refractivity (Wildman–Crippen MR) is 97.5 cm³/mol. The summed E-state index contributed by atoms with van der Waals surface area (Å²) >= 11 is 0. The van der Waals surface area contributed by atoms with Gasteiger partial charge in [-0.15, -0.1) is 0 Å². The molecule has 142 valence electrons. The second-order valence-electron chi connectivity index (χ2n) is 8.42. The molecule has 3 heterocycles. The fourth-order valence-corrected chi connectivity index (χ4v) is 5.33. The Morgan fingerprint density at radius 1 is 1.24 bits per heavy atom. The summed E-state index contributed by atoms with van der Waals surface area (Å²) in [6, 6.07) is 0.733. The van der Waals surface area contributed by atoms with Gasteiger partial charge in [-0.2, -0.15) is 0 Å². The lowest BCUT2D eigenvalue weighted by atomic mass is 9.80. The maximum atomic E-state index is 13.0. The number of ether oxygens (including phenoxy) is 1. The van der Waals surface area contributed by atoms with Crippen molar-refractivity contribution in [3.63, 3.8) is 0 Å². The van der Waals surface area contributed by atoms with E-state index in [2.05, 4.69) is 20.4 Å². The van der Waals surface area contributed by atoms with Gasteiger partial charge >= 0.3 is 0 Å². The smallest absolute Gasteiger partial charge is 0.229 e. The van der Waals surface area contributed by atoms with Crippen molar-refractivity contribution < 1.29 is 9.53 Å². The minimum absolute atomic E-state index is 0.179. The van der Waals surface area contributed by atoms with Crippen molar-refractivity contribution >= 4 is 5.91 Å². The summed E-state index contributed by atoms with van der Waals surface area (Å²) in [5.74, 6) is 0.789. The number of nitrogens with one attached hydrogen (secondary N) is 2. The van der Waals surface area contributed by atoms with Gasteiger partial charge in [-0.25, -0.2) is 0 Å². The molecule has 0 radical (unpaired) electrons. The minimum atomic E-state index is -0.179. The number of carbonyl (C=O) groups excluding carboxylic acids is 1. The number of hydrogen-bond donors (Lipinski definition) is 2. The van der Waals surface area contributed by atoms with Gasteiger partial charge < -0.3 is 15.4 Å². The first kappa shape index (κ1) is 17.7. The van der Waals surface area contributed by atoms with Gasteiger partial charge in [0.15, 0.2) is 0 Å². The van der Waals surface area contributed by atoms with E-state index in [0.29, 0.717) is 11.8 Å². The van der Waals surface area contributed by atoms with E-state index in [4.69, 9.17) is 4.74 Å². The van der Waals surface area contributed by atoms with Gasteiger partial charge in [-0.05, 0) is 25.8 Å². The van der Waals surface area contributed by atoms with Gasteiger partial charge in [0.25, 0.3) is 0 Å². The standard InChI is InChI=1S/C19H34N4O2/c24-18(21-6-3-7-22-8-10-25-11-9-22)19-14-20-12-16(19)13-23(15-19)17-4-1-2-5-17/h16-17,20H,1-15H2,(H,21,24)/t16-,19-/m1/s1. The van der Waals surface area contributed by atoms with E-state index in [1.807, 2.05) is 0 Å². The fraction of sp³-hybridized carbons (Fsp3) is 0.947. The summed E-state index contributed by atoms with van der Waals surface area (Å²) in [6.07, 6.45) is 6.43. The van der Waals surface area contributed by atoms with Crippen molar-refractivity contribution in [1.29, 1.82) is 0 Å². The summed E-state index contributed by atoms with van der Waals surface area (Å²) in [4.78, 5) is 18.1. The zero-order valence-electron chi connectivity index (χ0n) is 15.5. The van der Waals surface area contributed by atoms with E-state index < -0.39 is 0 Å². The highest BCUT2D eigenvalue weighted by Crippen LogP contribution is 2.42. The Hall–Kier alpha value is -0.690. The molecule has 4 fully saturated rings. The number of rotatable bonds is 6. The van der Waals surface area contributed by atoms with Crippen LogP contribution in [0, 0.1) is 11.3 Å². The largest absolute Gasteiger partial charge is 0.379 e. The molecule has 6 nitrogen and oxygen atoms in total. The molecular formula is C19H34N4O2. The molecule has 25 heavy (non-hydrogen) atoms. The average molecular weight is 351 g/mol. The van der Waals surface area contributed by atoms with Crippen LogP contribution in [0.2, 0.25) is 0 Å². The van der Waals surface area contributed by atoms with Crippen molar-refractivity contribution in [2.75, 3.05) is 65.6 Å². The van der Waals surface area contributed by atoms with Gasteiger partial charge in [-0.1, -0.05) is 12.8 Å². The first-order chi connectivity index (χ1) is 12.3. The molecular weight excluding hydrogens is 316 g/mol. The molecule has 0 aromatic carbocycles. The first-order valence-electron chi connectivity index (χ1n) is 10.3. The van der Waals surface area contributed by atoms with Gasteiger partial charge in [0.05, 0.1) is 18.6 Å². The molecule has 0 aromatic rings. The summed E-state index contributed by atoms with van der Waals surface area (Å²) < 4.78 is 5.39. The van der Waals surface area contributed by atoms with E-state index >= 15 is 0 Å². The van der Waals surface area contributed by atoms with E-state index in [1.165, 1.54) is 25.7 Å². The van der Waals surface area contributed by atoms with E-state index in [1.54, 1.807) is 0 Å². The van der Waals surface area contributed by atoms with Crippen LogP contribution >= 0.6 is 0 Å². The molecule has 3 aliphatic heterocycles. The second kappa shape index (κ2) is 7.91. The molecule has 0 unspecified atom stereocenters. The highest BCUT2D eigenvalue weighted by Gasteiger charge is 2.55. The minimum Gasteiger partial charge on any atom is -0.379 e. The molecule has 1 saturated carbocycles. The number of likely N-dealkylation sites (tertiary alicyclic amines) is 1. The molecule has 2 atom stereocenters. The van der Waals surface area contributed by atoms with Crippen LogP contribution < -0.4 is 10.6 Å².